The van der Waals surface area contributed by atoms with Crippen LogP contribution in [0.2, 0.25) is 0 Å². The average molecular weight is 279 g/mol. The monoisotopic (exact) mass is 279 g/mol. The lowest BCUT2D eigenvalue weighted by Crippen LogP contribution is -2.22. The maximum atomic E-state index is 11.4. The van der Waals surface area contributed by atoms with E-state index in [-0.39, 0.29) is 11.5 Å². The number of carbonyl (C=O) groups is 2. The lowest BCUT2D eigenvalue weighted by molar-refractivity contribution is -0.255. The second-order valence-electron chi connectivity index (χ2n) is 3.41. The van der Waals surface area contributed by atoms with Crippen molar-refractivity contribution < 1.29 is 14.7 Å². The van der Waals surface area contributed by atoms with Crippen LogP contribution in [-0.4, -0.2) is 33.2 Å². The molecule has 0 aliphatic carbocycles. The molecule has 1 aromatic rings. The number of benzene rings is 1. The van der Waals surface area contributed by atoms with Gasteiger partial charge in [-0.3, -0.25) is 4.79 Å². The summed E-state index contributed by atoms with van der Waals surface area (Å²) in [6.07, 6.45) is 1.45. The molecular formula is C11H7N2O3S2-. The van der Waals surface area contributed by atoms with Gasteiger partial charge in [-0.2, -0.15) is 10.1 Å². The van der Waals surface area contributed by atoms with Crippen LogP contribution in [0.5, 0.6) is 0 Å². The first-order valence-electron chi connectivity index (χ1n) is 4.93. The van der Waals surface area contributed by atoms with Gasteiger partial charge in [0.15, 0.2) is 4.32 Å². The van der Waals surface area contributed by atoms with Gasteiger partial charge in [-0.05, 0) is 11.1 Å². The molecular weight excluding hydrogens is 272 g/mol. The van der Waals surface area contributed by atoms with Crippen molar-refractivity contribution in [3.05, 3.63) is 35.4 Å². The van der Waals surface area contributed by atoms with Gasteiger partial charge in [-0.1, -0.05) is 48.2 Å². The summed E-state index contributed by atoms with van der Waals surface area (Å²) in [5.74, 6) is -1.09. The Bertz CT molecular complexity index is 524. The fourth-order valence-corrected chi connectivity index (χ4v) is 2.25. The molecule has 7 heteroatoms. The number of carboxylic acids is 1. The third-order valence-corrected chi connectivity index (χ3v) is 3.53. The molecule has 5 nitrogen and oxygen atoms in total. The van der Waals surface area contributed by atoms with Gasteiger partial charge in [0.25, 0.3) is 5.91 Å². The van der Waals surface area contributed by atoms with Crippen molar-refractivity contribution in [1.82, 2.24) is 5.01 Å². The maximum Gasteiger partial charge on any atom is 0.259 e. The molecule has 1 heterocycles. The Balaban J connectivity index is 2.11. The van der Waals surface area contributed by atoms with Crippen LogP contribution in [0.3, 0.4) is 0 Å². The number of hydrazone groups is 1. The fraction of sp³-hybridized carbons (Fsp3) is 0.0909. The molecule has 1 aliphatic heterocycles. The van der Waals surface area contributed by atoms with E-state index in [4.69, 9.17) is 12.2 Å². The van der Waals surface area contributed by atoms with Crippen molar-refractivity contribution in [2.45, 2.75) is 0 Å². The van der Waals surface area contributed by atoms with Gasteiger partial charge in [-0.15, -0.1) is 0 Å². The van der Waals surface area contributed by atoms with Gasteiger partial charge in [-0.25, -0.2) is 0 Å². The third kappa shape index (κ3) is 2.74. The molecule has 0 atom stereocenters. The SMILES string of the molecule is O=C([O-])c1ccc(/C=N/N2C(=O)CSC2=S)cc1. The van der Waals surface area contributed by atoms with E-state index < -0.39 is 5.97 Å². The standard InChI is InChI=1S/C11H8N2O3S2/c14-9-6-18-11(17)13(9)12-5-7-1-3-8(4-2-7)10(15)16/h1-5H,6H2,(H,15,16)/p-1/b12-5+. The molecule has 1 amide bonds. The van der Waals surface area contributed by atoms with Gasteiger partial charge >= 0.3 is 0 Å². The molecule has 92 valence electrons. The summed E-state index contributed by atoms with van der Waals surface area (Å²) in [5, 5.41) is 15.7. The molecule has 2 rings (SSSR count). The van der Waals surface area contributed by atoms with E-state index in [1.54, 1.807) is 12.1 Å². The van der Waals surface area contributed by atoms with Crippen LogP contribution in [0, 0.1) is 0 Å². The summed E-state index contributed by atoms with van der Waals surface area (Å²) in [6, 6.07) is 5.97. The van der Waals surface area contributed by atoms with Crippen molar-refractivity contribution in [2.24, 2.45) is 5.10 Å². The van der Waals surface area contributed by atoms with Crippen LogP contribution in [0.25, 0.3) is 0 Å². The molecule has 1 aliphatic rings. The number of thioether (sulfide) groups is 1. The zero-order valence-corrected chi connectivity index (χ0v) is 10.7. The largest absolute Gasteiger partial charge is 0.545 e. The van der Waals surface area contributed by atoms with Crippen LogP contribution in [0.4, 0.5) is 0 Å². The van der Waals surface area contributed by atoms with E-state index in [0.717, 1.165) is 5.01 Å². The third-order valence-electron chi connectivity index (χ3n) is 2.20. The first kappa shape index (κ1) is 12.7. The molecule has 0 saturated carbocycles. The van der Waals surface area contributed by atoms with Crippen molar-refractivity contribution in [2.75, 3.05) is 5.75 Å². The molecule has 1 saturated heterocycles. The summed E-state index contributed by atoms with van der Waals surface area (Å²) in [5.41, 5.74) is 0.767. The van der Waals surface area contributed by atoms with Crippen molar-refractivity contribution in [3.8, 4) is 0 Å². The minimum Gasteiger partial charge on any atom is -0.545 e. The number of rotatable bonds is 3. The number of thiocarbonyl (C=S) groups is 1. The number of hydrogen-bond acceptors (Lipinski definition) is 6. The summed E-state index contributed by atoms with van der Waals surface area (Å²) in [4.78, 5) is 21.9. The van der Waals surface area contributed by atoms with Gasteiger partial charge in [0.2, 0.25) is 0 Å². The van der Waals surface area contributed by atoms with Gasteiger partial charge in [0, 0.05) is 0 Å². The number of aromatic carboxylic acids is 1. The highest BCUT2D eigenvalue weighted by Crippen LogP contribution is 2.19. The van der Waals surface area contributed by atoms with E-state index in [0.29, 0.717) is 15.6 Å². The molecule has 0 unspecified atom stereocenters. The van der Waals surface area contributed by atoms with E-state index in [1.807, 2.05) is 0 Å². The van der Waals surface area contributed by atoms with E-state index in [1.165, 1.54) is 30.1 Å². The lowest BCUT2D eigenvalue weighted by atomic mass is 10.1. The van der Waals surface area contributed by atoms with Gasteiger partial charge in [0.05, 0.1) is 17.9 Å². The number of amides is 1. The number of hydrogen-bond donors (Lipinski definition) is 0. The Morgan fingerprint density at radius 2 is 2.11 bits per heavy atom. The molecule has 0 spiro atoms. The Hall–Kier alpha value is -1.73. The second-order valence-corrected chi connectivity index (χ2v) is 5.02. The summed E-state index contributed by atoms with van der Waals surface area (Å²) in [7, 11) is 0. The van der Waals surface area contributed by atoms with E-state index >= 15 is 0 Å². The van der Waals surface area contributed by atoms with Crippen LogP contribution >= 0.6 is 24.0 Å². The van der Waals surface area contributed by atoms with Gasteiger partial charge in [0.1, 0.15) is 0 Å². The van der Waals surface area contributed by atoms with E-state index in [9.17, 15) is 14.7 Å². The van der Waals surface area contributed by atoms with Crippen LogP contribution in [0.1, 0.15) is 15.9 Å². The zero-order valence-electron chi connectivity index (χ0n) is 9.03. The number of carboxylic acid groups (broad SMARTS) is 1. The summed E-state index contributed by atoms with van der Waals surface area (Å²) < 4.78 is 0.419. The first-order valence-corrected chi connectivity index (χ1v) is 6.32. The minimum absolute atomic E-state index is 0.0930. The quantitative estimate of drug-likeness (QED) is 0.585. The maximum absolute atomic E-state index is 11.4. The minimum atomic E-state index is -1.23. The molecule has 1 fully saturated rings. The smallest absolute Gasteiger partial charge is 0.259 e. The second kappa shape index (κ2) is 5.28. The number of nitrogens with zero attached hydrogens (tertiary/aromatic N) is 2. The topological polar surface area (TPSA) is 72.8 Å². The Morgan fingerprint density at radius 1 is 1.44 bits per heavy atom. The average Bonchev–Trinajstić information content (AvgIpc) is 2.67. The van der Waals surface area contributed by atoms with Crippen molar-refractivity contribution in [3.63, 3.8) is 0 Å². The van der Waals surface area contributed by atoms with E-state index in [2.05, 4.69) is 5.10 Å². The molecule has 0 bridgehead atoms. The molecule has 18 heavy (non-hydrogen) atoms. The van der Waals surface area contributed by atoms with Crippen LogP contribution < -0.4 is 5.11 Å². The van der Waals surface area contributed by atoms with Gasteiger partial charge < -0.3 is 9.90 Å². The Labute approximate surface area is 112 Å². The lowest BCUT2D eigenvalue weighted by Gasteiger charge is -2.06. The molecule has 0 radical (unpaired) electrons. The molecule has 0 aromatic heterocycles. The van der Waals surface area contributed by atoms with Crippen LogP contribution in [0.15, 0.2) is 29.4 Å². The normalized spacial score (nSPS) is 15.7. The van der Waals surface area contributed by atoms with Crippen molar-refractivity contribution >= 4 is 46.4 Å². The summed E-state index contributed by atoms with van der Waals surface area (Å²) >= 11 is 6.22. The van der Waals surface area contributed by atoms with Crippen molar-refractivity contribution in [1.29, 1.82) is 0 Å². The summed E-state index contributed by atoms with van der Waals surface area (Å²) in [6.45, 7) is 0. The fourth-order valence-electron chi connectivity index (χ4n) is 1.29. The highest BCUT2D eigenvalue weighted by Gasteiger charge is 2.25. The highest BCUT2D eigenvalue weighted by atomic mass is 32.2. The predicted octanol–water partition coefficient (Wildman–Crippen LogP) is 0.244. The van der Waals surface area contributed by atoms with Crippen LogP contribution in [-0.2, 0) is 4.79 Å². The molecule has 0 N–H and O–H groups in total. The first-order chi connectivity index (χ1) is 8.58. The predicted molar refractivity (Wildman–Crippen MR) is 70.3 cm³/mol. The molecule has 1 aromatic carbocycles. The highest BCUT2D eigenvalue weighted by molar-refractivity contribution is 8.23. The number of carbonyl (C=O) groups excluding carboxylic acids is 2. The Kier molecular flexibility index (Phi) is 3.73. The Morgan fingerprint density at radius 3 is 2.61 bits per heavy atom. The zero-order chi connectivity index (χ0) is 13.1.